The fourth-order valence-electron chi connectivity index (χ4n) is 1.24. The number of nitrogens with one attached hydrogen (secondary N) is 1. The predicted molar refractivity (Wildman–Crippen MR) is 64.8 cm³/mol. The van der Waals surface area contributed by atoms with Gasteiger partial charge in [0.1, 0.15) is 6.26 Å². The zero-order valence-corrected chi connectivity index (χ0v) is 10.1. The van der Waals surface area contributed by atoms with Gasteiger partial charge in [-0.15, -0.1) is 0 Å². The van der Waals surface area contributed by atoms with Crippen molar-refractivity contribution in [3.8, 4) is 11.8 Å². The fourth-order valence-corrected chi connectivity index (χ4v) is 1.77. The van der Waals surface area contributed by atoms with Crippen molar-refractivity contribution in [3.05, 3.63) is 36.1 Å². The van der Waals surface area contributed by atoms with E-state index in [1.165, 1.54) is 29.1 Å². The van der Waals surface area contributed by atoms with Crippen molar-refractivity contribution in [2.75, 3.05) is 5.75 Å². The zero-order valence-electron chi connectivity index (χ0n) is 9.25. The van der Waals surface area contributed by atoms with Crippen molar-refractivity contribution in [3.63, 3.8) is 0 Å². The second kappa shape index (κ2) is 6.05. The molecule has 94 valence electrons. The molecule has 0 fully saturated rings. The molecule has 0 radical (unpaired) electrons. The highest BCUT2D eigenvalue weighted by Gasteiger charge is 2.12. The van der Waals surface area contributed by atoms with Crippen LogP contribution in [0.3, 0.4) is 0 Å². The van der Waals surface area contributed by atoms with E-state index in [-0.39, 0.29) is 5.76 Å². The monoisotopic (exact) mass is 266 g/mol. The van der Waals surface area contributed by atoms with Gasteiger partial charge in [-0.05, 0) is 18.0 Å². The number of carboxylic acid groups (broad SMARTS) is 1. The van der Waals surface area contributed by atoms with Crippen LogP contribution in [-0.4, -0.2) is 21.4 Å². The van der Waals surface area contributed by atoms with Crippen molar-refractivity contribution < 1.29 is 19.2 Å². The summed E-state index contributed by atoms with van der Waals surface area (Å²) in [5.41, 5.74) is 3.40. The number of rotatable bonds is 4. The third kappa shape index (κ3) is 3.23. The van der Waals surface area contributed by atoms with Crippen LogP contribution in [0, 0.1) is 11.8 Å². The number of carbonyl (C=O) groups is 1. The minimum Gasteiger partial charge on any atom is -0.475 e. The Hall–Kier alpha value is -2.04. The Balaban J connectivity index is 1.77. The van der Waals surface area contributed by atoms with Crippen molar-refractivity contribution >= 4 is 17.9 Å². The van der Waals surface area contributed by atoms with Gasteiger partial charge in [-0.1, -0.05) is 11.8 Å². The van der Waals surface area contributed by atoms with Crippen LogP contribution in [0.5, 0.6) is 0 Å². The first-order valence-corrected chi connectivity index (χ1v) is 5.98. The van der Waals surface area contributed by atoms with Crippen LogP contribution in [0.25, 0.3) is 0 Å². The summed E-state index contributed by atoms with van der Waals surface area (Å²) >= 11 is 1.36. The molecule has 0 atom stereocenters. The Labute approximate surface area is 108 Å². The summed E-state index contributed by atoms with van der Waals surface area (Å²) in [4.78, 5) is 15.8. The van der Waals surface area contributed by atoms with Gasteiger partial charge in [0.05, 0.1) is 18.2 Å². The first kappa shape index (κ1) is 12.4. The lowest BCUT2D eigenvalue weighted by molar-refractivity contribution is -0.00803. The quantitative estimate of drug-likeness (QED) is 0.630. The molecule has 0 amide bonds. The van der Waals surface area contributed by atoms with E-state index >= 15 is 0 Å². The van der Waals surface area contributed by atoms with E-state index in [4.69, 9.17) is 14.4 Å². The van der Waals surface area contributed by atoms with Gasteiger partial charge in [0.15, 0.2) is 0 Å². The number of carboxylic acids is 1. The van der Waals surface area contributed by atoms with Crippen molar-refractivity contribution in [1.82, 2.24) is 10.0 Å². The number of furan rings is 1. The third-order valence-electron chi connectivity index (χ3n) is 2.00. The lowest BCUT2D eigenvalue weighted by Gasteiger charge is -2.09. The van der Waals surface area contributed by atoms with Gasteiger partial charge < -0.3 is 14.4 Å². The lowest BCUT2D eigenvalue weighted by Crippen LogP contribution is -2.20. The highest BCUT2D eigenvalue weighted by molar-refractivity contribution is 7.97. The average Bonchev–Trinajstić information content (AvgIpc) is 2.98. The molecule has 0 aromatic carbocycles. The molecule has 2 rings (SSSR count). The van der Waals surface area contributed by atoms with E-state index in [2.05, 4.69) is 17.3 Å². The minimum atomic E-state index is -1.08. The van der Waals surface area contributed by atoms with Crippen LogP contribution in [0.2, 0.25) is 0 Å². The number of hydrazine groups is 1. The Kier molecular flexibility index (Phi) is 4.17. The molecule has 2 N–H and O–H groups in total. The molecular weight excluding hydrogens is 256 g/mol. The molecule has 6 nitrogen and oxygen atoms in total. The predicted octanol–water partition coefficient (Wildman–Crippen LogP) is 1.39. The molecular formula is C11H10N2O4S. The van der Waals surface area contributed by atoms with E-state index < -0.39 is 5.97 Å². The number of nitrogens with zero attached hydrogens (tertiary/aromatic N) is 1. The molecule has 1 aliphatic heterocycles. The third-order valence-corrected chi connectivity index (χ3v) is 2.70. The van der Waals surface area contributed by atoms with Crippen molar-refractivity contribution in [2.24, 2.45) is 0 Å². The summed E-state index contributed by atoms with van der Waals surface area (Å²) in [5, 5.41) is 8.82. The molecule has 18 heavy (non-hydrogen) atoms. The molecule has 0 aliphatic carbocycles. The van der Waals surface area contributed by atoms with Crippen molar-refractivity contribution in [2.45, 2.75) is 6.42 Å². The molecule has 7 heteroatoms. The Morgan fingerprint density at radius 1 is 1.56 bits per heavy atom. The summed E-state index contributed by atoms with van der Waals surface area (Å²) in [6.45, 7) is 0. The topological polar surface area (TPSA) is 74.9 Å². The molecule has 0 unspecified atom stereocenters. The van der Waals surface area contributed by atoms with E-state index in [9.17, 15) is 4.79 Å². The Bertz CT molecular complexity index is 507. The van der Waals surface area contributed by atoms with Gasteiger partial charge in [0.25, 0.3) is 0 Å². The lowest BCUT2D eigenvalue weighted by atomic mass is 10.2. The SMILES string of the molecule is O=C(O)c1occc1CC#CCSN1NC=CO1. The molecule has 0 saturated carbocycles. The fraction of sp³-hybridized carbons (Fsp3) is 0.182. The minimum absolute atomic E-state index is 0.0503. The Morgan fingerprint density at radius 3 is 3.17 bits per heavy atom. The van der Waals surface area contributed by atoms with E-state index in [1.54, 1.807) is 12.3 Å². The number of hydrogen-bond donors (Lipinski definition) is 2. The summed E-state index contributed by atoms with van der Waals surface area (Å²) in [6, 6.07) is 1.61. The van der Waals surface area contributed by atoms with Gasteiger partial charge in [-0.3, -0.25) is 5.43 Å². The molecule has 1 aromatic heterocycles. The molecule has 1 aliphatic rings. The molecule has 0 saturated heterocycles. The van der Waals surface area contributed by atoms with Gasteiger partial charge in [0.2, 0.25) is 5.76 Å². The second-order valence-corrected chi connectivity index (χ2v) is 4.06. The maximum Gasteiger partial charge on any atom is 0.372 e. The van der Waals surface area contributed by atoms with Gasteiger partial charge in [0, 0.05) is 16.6 Å². The van der Waals surface area contributed by atoms with Crippen LogP contribution in [0.15, 0.2) is 29.2 Å². The smallest absolute Gasteiger partial charge is 0.372 e. The molecule has 0 spiro atoms. The first-order valence-electron chi connectivity index (χ1n) is 5.04. The highest BCUT2D eigenvalue weighted by atomic mass is 32.2. The maximum atomic E-state index is 10.8. The van der Waals surface area contributed by atoms with Crippen LogP contribution in [0.1, 0.15) is 16.1 Å². The Morgan fingerprint density at radius 2 is 2.44 bits per heavy atom. The largest absolute Gasteiger partial charge is 0.475 e. The number of aromatic carboxylic acids is 1. The zero-order chi connectivity index (χ0) is 12.8. The maximum absolute atomic E-state index is 10.8. The summed E-state index contributed by atoms with van der Waals surface area (Å²) < 4.78 is 6.31. The van der Waals surface area contributed by atoms with Gasteiger partial charge >= 0.3 is 5.97 Å². The van der Waals surface area contributed by atoms with Crippen LogP contribution < -0.4 is 5.43 Å². The van der Waals surface area contributed by atoms with Gasteiger partial charge in [-0.2, -0.15) is 0 Å². The van der Waals surface area contributed by atoms with Crippen molar-refractivity contribution in [1.29, 1.82) is 0 Å². The molecule has 2 heterocycles. The standard InChI is InChI=1S/C11H10N2O4S/c14-11(15)10-9(4-6-16-10)3-1-2-8-18-13-12-5-7-17-13/h4-7,12H,3,8H2,(H,14,15). The number of hydrogen-bond acceptors (Lipinski definition) is 6. The summed E-state index contributed by atoms with van der Waals surface area (Å²) in [6.07, 6.45) is 4.88. The summed E-state index contributed by atoms with van der Waals surface area (Å²) in [7, 11) is 0. The summed E-state index contributed by atoms with van der Waals surface area (Å²) in [5.74, 6) is 5.20. The van der Waals surface area contributed by atoms with Crippen LogP contribution in [-0.2, 0) is 11.3 Å². The average molecular weight is 266 g/mol. The van der Waals surface area contributed by atoms with Gasteiger partial charge in [-0.25, -0.2) is 4.79 Å². The first-order chi connectivity index (χ1) is 8.77. The van der Waals surface area contributed by atoms with Crippen LogP contribution in [0.4, 0.5) is 0 Å². The van der Waals surface area contributed by atoms with E-state index in [1.807, 2.05) is 0 Å². The van der Waals surface area contributed by atoms with Crippen LogP contribution >= 0.6 is 11.9 Å². The molecule has 0 bridgehead atoms. The molecule has 1 aromatic rings. The van der Waals surface area contributed by atoms with E-state index in [0.29, 0.717) is 17.7 Å². The highest BCUT2D eigenvalue weighted by Crippen LogP contribution is 2.11. The van der Waals surface area contributed by atoms with E-state index in [0.717, 1.165) is 0 Å². The normalized spacial score (nSPS) is 13.6. The second-order valence-electron chi connectivity index (χ2n) is 3.18.